The Morgan fingerprint density at radius 1 is 1.38 bits per heavy atom. The second kappa shape index (κ2) is 10.3. The number of carbonyl (C=O) groups excluding carboxylic acids is 1. The zero-order chi connectivity index (χ0) is 16.8. The molecule has 0 spiro atoms. The first-order chi connectivity index (χ1) is 11.0. The van der Waals surface area contributed by atoms with Crippen LogP contribution >= 0.6 is 47.2 Å². The van der Waals surface area contributed by atoms with Gasteiger partial charge in [0.2, 0.25) is 5.91 Å². The monoisotopic (exact) mass is 484 g/mol. The van der Waals surface area contributed by atoms with E-state index in [0.29, 0.717) is 29.0 Å². The van der Waals surface area contributed by atoms with Crippen molar-refractivity contribution < 1.29 is 4.79 Å². The number of nitrogens with two attached hydrogens (primary N) is 1. The van der Waals surface area contributed by atoms with E-state index >= 15 is 0 Å². The van der Waals surface area contributed by atoms with Crippen molar-refractivity contribution in [2.45, 2.75) is 32.2 Å². The molecule has 1 aromatic rings. The van der Waals surface area contributed by atoms with Gasteiger partial charge in [0.25, 0.3) is 0 Å². The topological polar surface area (TPSA) is 70.7 Å². The Hall–Kier alpha value is -0.730. The summed E-state index contributed by atoms with van der Waals surface area (Å²) in [4.78, 5) is 18.0. The van der Waals surface area contributed by atoms with Gasteiger partial charge in [-0.25, -0.2) is 0 Å². The fourth-order valence-corrected chi connectivity index (χ4v) is 3.17. The molecule has 1 atom stereocenters. The Bertz CT molecular complexity index is 591. The molecular weight excluding hydrogens is 462 g/mol. The molecule has 1 unspecified atom stereocenters. The number of nitrogens with zero attached hydrogens (tertiary/aromatic N) is 2. The highest BCUT2D eigenvalue weighted by molar-refractivity contribution is 14.0. The molecule has 8 heteroatoms. The summed E-state index contributed by atoms with van der Waals surface area (Å²) in [5.74, 6) is 0.450. The largest absolute Gasteiger partial charge is 0.370 e. The summed E-state index contributed by atoms with van der Waals surface area (Å²) < 4.78 is 0. The number of rotatable bonds is 5. The maximum Gasteiger partial charge on any atom is 0.224 e. The van der Waals surface area contributed by atoms with Gasteiger partial charge in [0.1, 0.15) is 0 Å². The highest BCUT2D eigenvalue weighted by Gasteiger charge is 2.17. The molecule has 0 aromatic heterocycles. The second-order valence-electron chi connectivity index (χ2n) is 5.64. The zero-order valence-electron chi connectivity index (χ0n) is 13.6. The van der Waals surface area contributed by atoms with Crippen LogP contribution in [0, 0.1) is 0 Å². The van der Waals surface area contributed by atoms with Crippen LogP contribution in [0.15, 0.2) is 23.2 Å². The van der Waals surface area contributed by atoms with Gasteiger partial charge in [-0.15, -0.1) is 24.0 Å². The van der Waals surface area contributed by atoms with Gasteiger partial charge in [-0.05, 0) is 37.5 Å². The van der Waals surface area contributed by atoms with Crippen LogP contribution in [0.2, 0.25) is 10.0 Å². The Kier molecular flexibility index (Phi) is 9.15. The summed E-state index contributed by atoms with van der Waals surface area (Å²) in [6.07, 6.45) is 2.58. The highest BCUT2D eigenvalue weighted by atomic mass is 127. The summed E-state index contributed by atoms with van der Waals surface area (Å²) in [6.45, 7) is 4.05. The van der Waals surface area contributed by atoms with Crippen molar-refractivity contribution in [3.05, 3.63) is 33.8 Å². The molecule has 5 nitrogen and oxygen atoms in total. The summed E-state index contributed by atoms with van der Waals surface area (Å²) in [5, 5.41) is 4.24. The minimum atomic E-state index is -0.0993. The lowest BCUT2D eigenvalue weighted by atomic mass is 10.1. The summed E-state index contributed by atoms with van der Waals surface area (Å²) in [5.41, 5.74) is 6.77. The van der Waals surface area contributed by atoms with Crippen LogP contribution in [-0.2, 0) is 4.79 Å². The van der Waals surface area contributed by atoms with Gasteiger partial charge in [0.05, 0.1) is 12.6 Å². The lowest BCUT2D eigenvalue weighted by Crippen LogP contribution is -2.34. The first-order valence-electron chi connectivity index (χ1n) is 7.76. The van der Waals surface area contributed by atoms with Crippen LogP contribution < -0.4 is 11.1 Å². The van der Waals surface area contributed by atoms with Crippen molar-refractivity contribution in [1.82, 2.24) is 10.2 Å². The predicted octanol–water partition coefficient (Wildman–Crippen LogP) is 3.59. The number of carbonyl (C=O) groups is 1. The van der Waals surface area contributed by atoms with Crippen molar-refractivity contribution in [2.24, 2.45) is 10.7 Å². The third-order valence-electron chi connectivity index (χ3n) is 3.86. The average molecular weight is 485 g/mol. The van der Waals surface area contributed by atoms with Crippen molar-refractivity contribution in [3.63, 3.8) is 0 Å². The molecule has 2 rings (SSSR count). The second-order valence-corrected chi connectivity index (χ2v) is 6.48. The van der Waals surface area contributed by atoms with Crippen LogP contribution in [0.4, 0.5) is 0 Å². The first-order valence-corrected chi connectivity index (χ1v) is 8.52. The zero-order valence-corrected chi connectivity index (χ0v) is 17.4. The fraction of sp³-hybridized carbons (Fsp3) is 0.500. The third-order valence-corrected chi connectivity index (χ3v) is 4.42. The SMILES string of the molecule is CC(NC(N)=NCCC(=O)N1CCCC1)c1ccc(Cl)cc1Cl.I. The van der Waals surface area contributed by atoms with Crippen LogP contribution in [0.3, 0.4) is 0 Å². The molecular formula is C16H23Cl2IN4O. The number of hydrogen-bond acceptors (Lipinski definition) is 2. The van der Waals surface area contributed by atoms with E-state index in [4.69, 9.17) is 28.9 Å². The number of hydrogen-bond donors (Lipinski definition) is 2. The first kappa shape index (κ1) is 21.3. The van der Waals surface area contributed by atoms with Crippen molar-refractivity contribution >= 4 is 59.0 Å². The van der Waals surface area contributed by atoms with E-state index < -0.39 is 0 Å². The van der Waals surface area contributed by atoms with Gasteiger partial charge in [0, 0.05) is 29.6 Å². The Balaban J connectivity index is 0.00000288. The van der Waals surface area contributed by atoms with Gasteiger partial charge in [-0.2, -0.15) is 0 Å². The van der Waals surface area contributed by atoms with Crippen LogP contribution in [0.25, 0.3) is 0 Å². The van der Waals surface area contributed by atoms with E-state index in [-0.39, 0.29) is 35.9 Å². The predicted molar refractivity (Wildman–Crippen MR) is 110 cm³/mol. The maximum atomic E-state index is 11.9. The van der Waals surface area contributed by atoms with Crippen molar-refractivity contribution in [3.8, 4) is 0 Å². The average Bonchev–Trinajstić information content (AvgIpc) is 3.01. The van der Waals surface area contributed by atoms with Gasteiger partial charge in [-0.3, -0.25) is 9.79 Å². The van der Waals surface area contributed by atoms with E-state index in [9.17, 15) is 4.79 Å². The molecule has 1 amide bonds. The standard InChI is InChI=1S/C16H22Cl2N4O.HI/c1-11(13-5-4-12(17)10-14(13)18)21-16(19)20-7-6-15(23)22-8-2-3-9-22;/h4-5,10-11H,2-3,6-9H2,1H3,(H3,19,20,21);1H. The number of nitrogens with one attached hydrogen (secondary N) is 1. The van der Waals surface area contributed by atoms with Gasteiger partial charge in [-0.1, -0.05) is 29.3 Å². The third kappa shape index (κ3) is 6.29. The number of guanidine groups is 1. The molecule has 1 heterocycles. The normalized spacial score (nSPS) is 15.8. The molecule has 24 heavy (non-hydrogen) atoms. The van der Waals surface area contributed by atoms with Crippen LogP contribution in [-0.4, -0.2) is 36.4 Å². The summed E-state index contributed by atoms with van der Waals surface area (Å²) >= 11 is 12.1. The van der Waals surface area contributed by atoms with Crippen molar-refractivity contribution in [2.75, 3.05) is 19.6 Å². The summed E-state index contributed by atoms with van der Waals surface area (Å²) in [6, 6.07) is 5.23. The molecule has 1 saturated heterocycles. The van der Waals surface area contributed by atoms with Gasteiger partial charge < -0.3 is 16.0 Å². The molecule has 1 aliphatic heterocycles. The molecule has 0 bridgehead atoms. The fourth-order valence-electron chi connectivity index (χ4n) is 2.59. The van der Waals surface area contributed by atoms with Crippen LogP contribution in [0.5, 0.6) is 0 Å². The number of benzene rings is 1. The molecule has 0 aliphatic carbocycles. The number of amides is 1. The smallest absolute Gasteiger partial charge is 0.224 e. The molecule has 0 saturated carbocycles. The van der Waals surface area contributed by atoms with E-state index in [1.165, 1.54) is 0 Å². The van der Waals surface area contributed by atoms with Crippen molar-refractivity contribution in [1.29, 1.82) is 0 Å². The minimum Gasteiger partial charge on any atom is -0.370 e. The molecule has 1 fully saturated rings. The van der Waals surface area contributed by atoms with E-state index in [2.05, 4.69) is 10.3 Å². The molecule has 0 radical (unpaired) electrons. The quantitative estimate of drug-likeness (QED) is 0.381. The Morgan fingerprint density at radius 2 is 2.04 bits per heavy atom. The van der Waals surface area contributed by atoms with E-state index in [1.807, 2.05) is 17.9 Å². The lowest BCUT2D eigenvalue weighted by molar-refractivity contribution is -0.129. The number of aliphatic imine (C=N–C) groups is 1. The molecule has 1 aromatic carbocycles. The molecule has 1 aliphatic rings. The van der Waals surface area contributed by atoms with Crippen LogP contribution in [0.1, 0.15) is 37.8 Å². The summed E-state index contributed by atoms with van der Waals surface area (Å²) in [7, 11) is 0. The van der Waals surface area contributed by atoms with Gasteiger partial charge in [0.15, 0.2) is 5.96 Å². The van der Waals surface area contributed by atoms with Gasteiger partial charge >= 0.3 is 0 Å². The van der Waals surface area contributed by atoms with E-state index in [1.54, 1.807) is 12.1 Å². The maximum absolute atomic E-state index is 11.9. The molecule has 134 valence electrons. The molecule has 3 N–H and O–H groups in total. The Morgan fingerprint density at radius 3 is 2.67 bits per heavy atom. The number of halogens is 3. The van der Waals surface area contributed by atoms with E-state index in [0.717, 1.165) is 31.5 Å². The minimum absolute atomic E-state index is 0. The number of likely N-dealkylation sites (tertiary alicyclic amines) is 1. The highest BCUT2D eigenvalue weighted by Crippen LogP contribution is 2.25. The lowest BCUT2D eigenvalue weighted by Gasteiger charge is -2.17. The Labute approximate surface area is 170 Å².